The van der Waals surface area contributed by atoms with E-state index in [9.17, 15) is 4.79 Å². The molecule has 0 aliphatic heterocycles. The van der Waals surface area contributed by atoms with Crippen LogP contribution in [0, 0.1) is 0 Å². The fraction of sp³-hybridized carbons (Fsp3) is 0.333. The highest BCUT2D eigenvalue weighted by atomic mass is 79.9. The second-order valence-corrected chi connectivity index (χ2v) is 2.59. The number of rotatable bonds is 2. The summed E-state index contributed by atoms with van der Waals surface area (Å²) in [5, 5.41) is 3.44. The third-order valence-electron chi connectivity index (χ3n) is 0.995. The first-order valence-corrected chi connectivity index (χ1v) is 3.82. The minimum atomic E-state index is -0.479. The summed E-state index contributed by atoms with van der Waals surface area (Å²) >= 11 is 3.08. The summed E-state index contributed by atoms with van der Waals surface area (Å²) in [5.41, 5.74) is 0.173. The number of aromatic nitrogens is 1. The number of carbonyl (C=O) groups is 1. The van der Waals surface area contributed by atoms with Gasteiger partial charge in [0, 0.05) is 0 Å². The highest BCUT2D eigenvalue weighted by Gasteiger charge is 2.14. The normalized spacial score (nSPS) is 9.64. The maximum Gasteiger partial charge on any atom is 0.361 e. The monoisotopic (exact) mass is 219 g/mol. The number of esters is 1. The highest BCUT2D eigenvalue weighted by Crippen LogP contribution is 2.14. The van der Waals surface area contributed by atoms with E-state index in [4.69, 9.17) is 0 Å². The fourth-order valence-corrected chi connectivity index (χ4v) is 0.877. The Morgan fingerprint density at radius 1 is 1.91 bits per heavy atom. The van der Waals surface area contributed by atoms with E-state index in [1.54, 1.807) is 6.92 Å². The largest absolute Gasteiger partial charge is 0.461 e. The Morgan fingerprint density at radius 3 is 3.09 bits per heavy atom. The Balaban J connectivity index is 2.76. The van der Waals surface area contributed by atoms with Crippen LogP contribution in [-0.2, 0) is 4.74 Å². The number of carbonyl (C=O) groups excluding carboxylic acids is 1. The average molecular weight is 220 g/mol. The second kappa shape index (κ2) is 3.52. The van der Waals surface area contributed by atoms with E-state index in [0.717, 1.165) is 0 Å². The van der Waals surface area contributed by atoms with Crippen molar-refractivity contribution >= 4 is 21.9 Å². The summed E-state index contributed by atoms with van der Waals surface area (Å²) in [4.78, 5) is 11.0. The molecule has 4 nitrogen and oxygen atoms in total. The van der Waals surface area contributed by atoms with Crippen molar-refractivity contribution in [2.45, 2.75) is 6.92 Å². The molecule has 1 aromatic heterocycles. The van der Waals surface area contributed by atoms with Crippen molar-refractivity contribution in [2.75, 3.05) is 6.61 Å². The minimum absolute atomic E-state index is 0.173. The van der Waals surface area contributed by atoms with Gasteiger partial charge in [-0.3, -0.25) is 0 Å². The van der Waals surface area contributed by atoms with Crippen LogP contribution < -0.4 is 0 Å². The van der Waals surface area contributed by atoms with Crippen LogP contribution in [0.2, 0.25) is 0 Å². The topological polar surface area (TPSA) is 52.3 Å². The third-order valence-corrected chi connectivity index (χ3v) is 1.56. The van der Waals surface area contributed by atoms with Gasteiger partial charge in [0.2, 0.25) is 5.69 Å². The third kappa shape index (κ3) is 1.80. The van der Waals surface area contributed by atoms with Gasteiger partial charge in [0.15, 0.2) is 0 Å². The molecule has 1 heterocycles. The zero-order valence-electron chi connectivity index (χ0n) is 5.83. The molecular weight excluding hydrogens is 214 g/mol. The van der Waals surface area contributed by atoms with Crippen molar-refractivity contribution in [3.63, 3.8) is 0 Å². The van der Waals surface area contributed by atoms with E-state index >= 15 is 0 Å². The number of nitrogens with zero attached hydrogens (tertiary/aromatic N) is 1. The molecule has 0 atom stereocenters. The molecule has 0 aliphatic carbocycles. The van der Waals surface area contributed by atoms with Crippen molar-refractivity contribution in [3.05, 3.63) is 16.4 Å². The summed E-state index contributed by atoms with van der Waals surface area (Å²) in [6, 6.07) is 0. The van der Waals surface area contributed by atoms with Gasteiger partial charge >= 0.3 is 5.97 Å². The lowest BCUT2D eigenvalue weighted by molar-refractivity contribution is 0.0513. The molecule has 0 bridgehead atoms. The number of hydrogen-bond donors (Lipinski definition) is 0. The molecule has 0 spiro atoms. The first-order valence-electron chi connectivity index (χ1n) is 3.02. The van der Waals surface area contributed by atoms with Gasteiger partial charge in [-0.15, -0.1) is 0 Å². The molecule has 0 aliphatic rings. The Hall–Kier alpha value is -0.840. The first-order chi connectivity index (χ1) is 5.25. The molecule has 1 aromatic rings. The van der Waals surface area contributed by atoms with E-state index in [1.807, 2.05) is 0 Å². The maximum atomic E-state index is 11.0. The van der Waals surface area contributed by atoms with Gasteiger partial charge in [0.25, 0.3) is 0 Å². The zero-order chi connectivity index (χ0) is 8.27. The highest BCUT2D eigenvalue weighted by molar-refractivity contribution is 9.10. The zero-order valence-corrected chi connectivity index (χ0v) is 7.42. The van der Waals surface area contributed by atoms with Crippen LogP contribution in [0.3, 0.4) is 0 Å². The van der Waals surface area contributed by atoms with Crippen LogP contribution in [0.15, 0.2) is 15.3 Å². The van der Waals surface area contributed by atoms with Crippen LogP contribution in [0.25, 0.3) is 0 Å². The van der Waals surface area contributed by atoms with Crippen LogP contribution in [0.1, 0.15) is 17.4 Å². The fourth-order valence-electron chi connectivity index (χ4n) is 0.559. The quantitative estimate of drug-likeness (QED) is 0.710. The average Bonchev–Trinajstić information content (AvgIpc) is 2.36. The lowest BCUT2D eigenvalue weighted by Crippen LogP contribution is -2.05. The van der Waals surface area contributed by atoms with Crippen molar-refractivity contribution in [1.82, 2.24) is 5.16 Å². The molecule has 0 unspecified atom stereocenters. The summed E-state index contributed by atoms with van der Waals surface area (Å²) in [6.45, 7) is 2.06. The number of halogens is 1. The van der Waals surface area contributed by atoms with E-state index in [0.29, 0.717) is 11.1 Å². The Morgan fingerprint density at radius 2 is 2.64 bits per heavy atom. The SMILES string of the molecule is CCOC(=O)c1nocc1Br. The molecule has 1 rings (SSSR count). The lowest BCUT2D eigenvalue weighted by Gasteiger charge is -1.95. The Kier molecular flexibility index (Phi) is 2.64. The number of ether oxygens (including phenoxy) is 1. The second-order valence-electron chi connectivity index (χ2n) is 1.73. The predicted molar refractivity (Wildman–Crippen MR) is 40.2 cm³/mol. The van der Waals surface area contributed by atoms with Crippen LogP contribution in [0.5, 0.6) is 0 Å². The van der Waals surface area contributed by atoms with E-state index < -0.39 is 5.97 Å². The maximum absolute atomic E-state index is 11.0. The molecule has 60 valence electrons. The molecule has 11 heavy (non-hydrogen) atoms. The molecule has 0 saturated heterocycles. The molecular formula is C6H6BrNO3. The lowest BCUT2D eigenvalue weighted by atomic mass is 10.4. The molecule has 5 heteroatoms. The van der Waals surface area contributed by atoms with Crippen molar-refractivity contribution in [2.24, 2.45) is 0 Å². The van der Waals surface area contributed by atoms with E-state index in [-0.39, 0.29) is 5.69 Å². The molecule has 0 amide bonds. The van der Waals surface area contributed by atoms with E-state index in [1.165, 1.54) is 6.26 Å². The summed E-state index contributed by atoms with van der Waals surface area (Å²) in [6.07, 6.45) is 1.33. The summed E-state index contributed by atoms with van der Waals surface area (Å²) in [5.74, 6) is -0.479. The molecule has 0 fully saturated rings. The molecule has 0 N–H and O–H groups in total. The Bertz CT molecular complexity index is 258. The van der Waals surface area contributed by atoms with Crippen molar-refractivity contribution in [3.8, 4) is 0 Å². The summed E-state index contributed by atoms with van der Waals surface area (Å²) < 4.78 is 9.70. The van der Waals surface area contributed by atoms with Crippen molar-refractivity contribution < 1.29 is 14.1 Å². The summed E-state index contributed by atoms with van der Waals surface area (Å²) in [7, 11) is 0. The van der Waals surface area contributed by atoms with Gasteiger partial charge in [-0.2, -0.15) is 0 Å². The van der Waals surface area contributed by atoms with Gasteiger partial charge < -0.3 is 9.26 Å². The standard InChI is InChI=1S/C6H6BrNO3/c1-2-10-6(9)5-4(7)3-11-8-5/h3H,2H2,1H3. The Labute approximate surface area is 71.6 Å². The molecule has 0 radical (unpaired) electrons. The molecule has 0 aromatic carbocycles. The van der Waals surface area contributed by atoms with Gasteiger partial charge in [-0.25, -0.2) is 4.79 Å². The minimum Gasteiger partial charge on any atom is -0.461 e. The van der Waals surface area contributed by atoms with Gasteiger partial charge in [0.05, 0.1) is 11.1 Å². The number of hydrogen-bond acceptors (Lipinski definition) is 4. The van der Waals surface area contributed by atoms with Crippen LogP contribution >= 0.6 is 15.9 Å². The first kappa shape index (κ1) is 8.26. The van der Waals surface area contributed by atoms with Gasteiger partial charge in [-0.05, 0) is 22.9 Å². The van der Waals surface area contributed by atoms with Gasteiger partial charge in [-0.1, -0.05) is 5.16 Å². The van der Waals surface area contributed by atoms with Gasteiger partial charge in [0.1, 0.15) is 6.26 Å². The van der Waals surface area contributed by atoms with E-state index in [2.05, 4.69) is 30.3 Å². The smallest absolute Gasteiger partial charge is 0.361 e. The van der Waals surface area contributed by atoms with Crippen molar-refractivity contribution in [1.29, 1.82) is 0 Å². The van der Waals surface area contributed by atoms with Crippen LogP contribution in [0.4, 0.5) is 0 Å². The molecule has 0 saturated carbocycles. The predicted octanol–water partition coefficient (Wildman–Crippen LogP) is 1.61. The van der Waals surface area contributed by atoms with Crippen LogP contribution in [-0.4, -0.2) is 17.7 Å².